The Hall–Kier alpha value is -2.34. The van der Waals surface area contributed by atoms with E-state index >= 15 is 0 Å². The van der Waals surface area contributed by atoms with Gasteiger partial charge < -0.3 is 24.1 Å². The van der Waals surface area contributed by atoms with E-state index in [1.54, 1.807) is 11.6 Å². The molecule has 1 aromatic rings. The van der Waals surface area contributed by atoms with Crippen LogP contribution in [-0.4, -0.2) is 80.2 Å². The number of ether oxygens (including phenoxy) is 4. The summed E-state index contributed by atoms with van der Waals surface area (Å²) < 4.78 is 22.9. The summed E-state index contributed by atoms with van der Waals surface area (Å²) in [7, 11) is -1.11. The molecule has 0 saturated carbocycles. The third kappa shape index (κ3) is 6.84. The van der Waals surface area contributed by atoms with Gasteiger partial charge in [-0.3, -0.25) is 4.99 Å². The minimum atomic E-state index is -1.11. The summed E-state index contributed by atoms with van der Waals surface area (Å²) in [4.78, 5) is 26.9. The van der Waals surface area contributed by atoms with Crippen molar-refractivity contribution in [2.75, 3.05) is 39.6 Å². The molecular formula is C23H35N3O7Si. The Morgan fingerprint density at radius 3 is 2.59 bits per heavy atom. The monoisotopic (exact) mass is 493 g/mol. The molecule has 0 spiro atoms. The van der Waals surface area contributed by atoms with Crippen LogP contribution >= 0.6 is 0 Å². The van der Waals surface area contributed by atoms with Gasteiger partial charge in [-0.15, -0.1) is 0 Å². The van der Waals surface area contributed by atoms with E-state index in [4.69, 9.17) is 18.9 Å². The van der Waals surface area contributed by atoms with Crippen LogP contribution in [-0.2, 0) is 43.5 Å². The molecule has 1 aromatic heterocycles. The minimum Gasteiger partial charge on any atom is -0.476 e. The van der Waals surface area contributed by atoms with Gasteiger partial charge in [0.05, 0.1) is 45.3 Å². The summed E-state index contributed by atoms with van der Waals surface area (Å²) >= 11 is 0. The number of carbonyl (C=O) groups is 2. The molecule has 0 unspecified atom stereocenters. The topological polar surface area (TPSA) is 121 Å². The molecule has 0 bridgehead atoms. The Labute approximate surface area is 200 Å². The third-order valence-electron chi connectivity index (χ3n) is 5.70. The highest BCUT2D eigenvalue weighted by Crippen LogP contribution is 2.24. The first-order valence-electron chi connectivity index (χ1n) is 11.7. The summed E-state index contributed by atoms with van der Waals surface area (Å²) in [6, 6.07) is 1.08. The number of aliphatic imine (C=N–C) groups is 1. The average molecular weight is 494 g/mol. The van der Waals surface area contributed by atoms with Gasteiger partial charge in [-0.25, -0.2) is 14.3 Å². The minimum absolute atomic E-state index is 0.136. The van der Waals surface area contributed by atoms with Crippen molar-refractivity contribution in [2.45, 2.75) is 58.8 Å². The second-order valence-corrected chi connectivity index (χ2v) is 15.1. The maximum Gasteiger partial charge on any atom is 0.356 e. The molecular weight excluding hydrogens is 458 g/mol. The highest BCUT2D eigenvalue weighted by atomic mass is 28.3. The van der Waals surface area contributed by atoms with Gasteiger partial charge in [0.15, 0.2) is 5.69 Å². The number of fused-ring (bicyclic) bond motifs is 1. The number of carboxylic acids is 1. The fourth-order valence-corrected chi connectivity index (χ4v) is 4.58. The normalized spacial score (nSPS) is 17.4. The molecule has 11 heteroatoms. The molecule has 0 atom stereocenters. The van der Waals surface area contributed by atoms with Gasteiger partial charge in [0, 0.05) is 26.7 Å². The molecule has 10 nitrogen and oxygen atoms in total. The lowest BCUT2D eigenvalue weighted by Crippen LogP contribution is -2.22. The number of carbonyl (C=O) groups excluding carboxylic acids is 1. The second kappa shape index (κ2) is 11.9. The zero-order valence-electron chi connectivity index (χ0n) is 20.5. The van der Waals surface area contributed by atoms with Crippen LogP contribution in [0.2, 0.25) is 25.7 Å². The van der Waals surface area contributed by atoms with Crippen LogP contribution in [0.25, 0.3) is 0 Å². The number of esters is 1. The quantitative estimate of drug-likeness (QED) is 0.333. The Balaban J connectivity index is 0.000000202. The lowest BCUT2D eigenvalue weighted by molar-refractivity contribution is -0.134. The van der Waals surface area contributed by atoms with Crippen molar-refractivity contribution in [2.24, 2.45) is 4.99 Å². The van der Waals surface area contributed by atoms with Crippen molar-refractivity contribution in [3.05, 3.63) is 28.1 Å². The molecule has 4 heterocycles. The van der Waals surface area contributed by atoms with Gasteiger partial charge in [-0.05, 0) is 30.5 Å². The summed E-state index contributed by atoms with van der Waals surface area (Å²) in [6.45, 7) is 12.9. The fourth-order valence-electron chi connectivity index (χ4n) is 3.83. The first kappa shape index (κ1) is 26.3. The van der Waals surface area contributed by atoms with Crippen LogP contribution < -0.4 is 0 Å². The Morgan fingerprint density at radius 2 is 1.88 bits per heavy atom. The zero-order valence-corrected chi connectivity index (χ0v) is 21.5. The number of hydrogen-bond acceptors (Lipinski definition) is 8. The van der Waals surface area contributed by atoms with Crippen molar-refractivity contribution >= 4 is 25.7 Å². The molecule has 0 aromatic carbocycles. The standard InChI is InChI=1S/C13H22N2O4Si.C10H13NO3/c1-20(2,3)7-6-19-9-15-11-8-18-5-4-10(11)12(14-15)13(16)17;1-2-14-10(12)9-8-3-4-13-6-7(8)5-11-9/h4-9H2,1-3H3,(H,16,17);2-6H2,1H3. The number of nitrogens with zero attached hydrogens (tertiary/aromatic N) is 3. The van der Waals surface area contributed by atoms with Gasteiger partial charge in [0.2, 0.25) is 0 Å². The molecule has 188 valence electrons. The first-order valence-corrected chi connectivity index (χ1v) is 15.4. The number of aromatic nitrogens is 2. The van der Waals surface area contributed by atoms with E-state index in [-0.39, 0.29) is 11.7 Å². The van der Waals surface area contributed by atoms with Crippen molar-refractivity contribution in [3.63, 3.8) is 0 Å². The van der Waals surface area contributed by atoms with Crippen LogP contribution in [0.15, 0.2) is 16.1 Å². The molecule has 4 rings (SSSR count). The van der Waals surface area contributed by atoms with Gasteiger partial charge >= 0.3 is 11.9 Å². The summed E-state index contributed by atoms with van der Waals surface area (Å²) in [5.41, 5.74) is 4.47. The van der Waals surface area contributed by atoms with Crippen LogP contribution in [0.1, 0.15) is 35.1 Å². The van der Waals surface area contributed by atoms with Gasteiger partial charge in [0.25, 0.3) is 0 Å². The molecule has 3 aliphatic heterocycles. The van der Waals surface area contributed by atoms with Crippen molar-refractivity contribution < 1.29 is 33.6 Å². The Bertz CT molecular complexity index is 963. The lowest BCUT2D eigenvalue weighted by Gasteiger charge is -2.17. The van der Waals surface area contributed by atoms with E-state index in [0.29, 0.717) is 65.0 Å². The van der Waals surface area contributed by atoms with Crippen LogP contribution in [0.4, 0.5) is 0 Å². The van der Waals surface area contributed by atoms with Crippen molar-refractivity contribution in [3.8, 4) is 0 Å². The van der Waals surface area contributed by atoms with E-state index < -0.39 is 14.0 Å². The summed E-state index contributed by atoms with van der Waals surface area (Å²) in [5.74, 6) is -1.27. The first-order chi connectivity index (χ1) is 16.2. The Kier molecular flexibility index (Phi) is 9.17. The number of hydrogen-bond donors (Lipinski definition) is 1. The van der Waals surface area contributed by atoms with Crippen LogP contribution in [0.5, 0.6) is 0 Å². The molecule has 0 saturated heterocycles. The predicted octanol–water partition coefficient (Wildman–Crippen LogP) is 2.69. The maximum atomic E-state index is 11.5. The number of rotatable bonds is 8. The number of carboxylic acid groups (broad SMARTS) is 1. The Morgan fingerprint density at radius 1 is 1.15 bits per heavy atom. The summed E-state index contributed by atoms with van der Waals surface area (Å²) in [6.07, 6.45) is 1.39. The lowest BCUT2D eigenvalue weighted by atomic mass is 10.0. The number of aromatic carboxylic acids is 1. The van der Waals surface area contributed by atoms with E-state index in [9.17, 15) is 14.7 Å². The van der Waals surface area contributed by atoms with Gasteiger partial charge in [-0.1, -0.05) is 19.6 Å². The maximum absolute atomic E-state index is 11.5. The highest BCUT2D eigenvalue weighted by Gasteiger charge is 2.28. The second-order valence-electron chi connectivity index (χ2n) is 9.50. The molecule has 0 radical (unpaired) electrons. The molecule has 34 heavy (non-hydrogen) atoms. The van der Waals surface area contributed by atoms with Gasteiger partial charge in [0.1, 0.15) is 12.4 Å². The van der Waals surface area contributed by atoms with Gasteiger partial charge in [-0.2, -0.15) is 5.10 Å². The SMILES string of the molecule is CCOC(=O)C1=NCC2=C1CCOC2.C[Si](C)(C)CCOCn1nc(C(=O)O)c2c1COCC2. The molecule has 1 N–H and O–H groups in total. The van der Waals surface area contributed by atoms with Crippen molar-refractivity contribution in [1.29, 1.82) is 0 Å². The van der Waals surface area contributed by atoms with Crippen LogP contribution in [0.3, 0.4) is 0 Å². The van der Waals surface area contributed by atoms with E-state index in [1.165, 1.54) is 0 Å². The van der Waals surface area contributed by atoms with Crippen molar-refractivity contribution in [1.82, 2.24) is 9.78 Å². The molecule has 3 aliphatic rings. The predicted molar refractivity (Wildman–Crippen MR) is 128 cm³/mol. The van der Waals surface area contributed by atoms with E-state index in [0.717, 1.165) is 34.9 Å². The van der Waals surface area contributed by atoms with Crippen LogP contribution in [0, 0.1) is 0 Å². The summed E-state index contributed by atoms with van der Waals surface area (Å²) in [5, 5.41) is 13.3. The fraction of sp³-hybridized carbons (Fsp3) is 0.652. The average Bonchev–Trinajstić information content (AvgIpc) is 3.39. The largest absolute Gasteiger partial charge is 0.476 e. The highest BCUT2D eigenvalue weighted by molar-refractivity contribution is 6.76. The van der Waals surface area contributed by atoms with E-state index in [2.05, 4.69) is 29.7 Å². The van der Waals surface area contributed by atoms with E-state index in [1.807, 2.05) is 0 Å². The zero-order chi connectivity index (χ0) is 24.7. The third-order valence-corrected chi connectivity index (χ3v) is 7.40. The molecule has 0 aliphatic carbocycles. The molecule has 0 fully saturated rings. The smallest absolute Gasteiger partial charge is 0.356 e. The molecule has 0 amide bonds.